The van der Waals surface area contributed by atoms with Crippen LogP contribution in [0.15, 0.2) is 48.5 Å². The number of carbonyl (C=O) groups is 1. The monoisotopic (exact) mass is 326 g/mol. The SMILES string of the molecule is CNC(=S)N(C)[C@@H]1c2ccccc2C(=O)c2ccccc2[C@H]1O. The minimum absolute atomic E-state index is 0.0680. The Balaban J connectivity index is 2.25. The van der Waals surface area contributed by atoms with E-state index in [2.05, 4.69) is 5.32 Å². The first-order valence-electron chi connectivity index (χ1n) is 7.41. The predicted molar refractivity (Wildman–Crippen MR) is 93.4 cm³/mol. The van der Waals surface area contributed by atoms with Crippen molar-refractivity contribution in [1.29, 1.82) is 0 Å². The number of hydrogen-bond donors (Lipinski definition) is 2. The van der Waals surface area contributed by atoms with Crippen LogP contribution in [0.25, 0.3) is 0 Å². The molecule has 2 aromatic carbocycles. The summed E-state index contributed by atoms with van der Waals surface area (Å²) in [5.41, 5.74) is 2.55. The number of aliphatic hydroxyl groups excluding tert-OH is 1. The summed E-state index contributed by atoms with van der Waals surface area (Å²) in [5.74, 6) is -0.0680. The van der Waals surface area contributed by atoms with Crippen LogP contribution in [0.4, 0.5) is 0 Å². The molecule has 2 N–H and O–H groups in total. The minimum atomic E-state index is -0.852. The average Bonchev–Trinajstić information content (AvgIpc) is 2.69. The summed E-state index contributed by atoms with van der Waals surface area (Å²) in [6, 6.07) is 14.2. The summed E-state index contributed by atoms with van der Waals surface area (Å²) < 4.78 is 0. The molecule has 0 radical (unpaired) electrons. The zero-order valence-electron chi connectivity index (χ0n) is 13.0. The summed E-state index contributed by atoms with van der Waals surface area (Å²) in [5, 5.41) is 14.4. The van der Waals surface area contributed by atoms with Gasteiger partial charge in [0.2, 0.25) is 0 Å². The van der Waals surface area contributed by atoms with E-state index < -0.39 is 12.1 Å². The number of thiocarbonyl (C=S) groups is 1. The van der Waals surface area contributed by atoms with Crippen LogP contribution >= 0.6 is 12.2 Å². The fraction of sp³-hybridized carbons (Fsp3) is 0.222. The molecule has 0 saturated carbocycles. The smallest absolute Gasteiger partial charge is 0.193 e. The molecule has 0 amide bonds. The largest absolute Gasteiger partial charge is 0.386 e. The van der Waals surface area contributed by atoms with Crippen LogP contribution in [0.5, 0.6) is 0 Å². The van der Waals surface area contributed by atoms with Gasteiger partial charge in [-0.05, 0) is 23.3 Å². The highest BCUT2D eigenvalue weighted by Gasteiger charge is 2.36. The van der Waals surface area contributed by atoms with Crippen LogP contribution in [0.3, 0.4) is 0 Å². The molecule has 0 fully saturated rings. The van der Waals surface area contributed by atoms with Gasteiger partial charge in [-0.3, -0.25) is 4.79 Å². The molecule has 1 aliphatic carbocycles. The second-order valence-corrected chi connectivity index (χ2v) is 5.95. The molecule has 0 unspecified atom stereocenters. The van der Waals surface area contributed by atoms with Gasteiger partial charge in [-0.1, -0.05) is 48.5 Å². The summed E-state index contributed by atoms with van der Waals surface area (Å²) in [6.45, 7) is 0. The molecule has 23 heavy (non-hydrogen) atoms. The van der Waals surface area contributed by atoms with Crippen molar-refractivity contribution in [2.45, 2.75) is 12.1 Å². The number of rotatable bonds is 1. The zero-order valence-corrected chi connectivity index (χ0v) is 13.8. The molecule has 4 nitrogen and oxygen atoms in total. The highest BCUT2D eigenvalue weighted by molar-refractivity contribution is 7.80. The Hall–Kier alpha value is -2.24. The predicted octanol–water partition coefficient (Wildman–Crippen LogP) is 2.44. The van der Waals surface area contributed by atoms with Gasteiger partial charge >= 0.3 is 0 Å². The fourth-order valence-electron chi connectivity index (χ4n) is 3.13. The Morgan fingerprint density at radius 3 is 2.22 bits per heavy atom. The fourth-order valence-corrected chi connectivity index (χ4v) is 3.25. The molecule has 5 heteroatoms. The third-order valence-corrected chi connectivity index (χ3v) is 4.79. The first-order chi connectivity index (χ1) is 11.1. The number of benzene rings is 2. The number of nitrogens with one attached hydrogen (secondary N) is 1. The quantitative estimate of drug-likeness (QED) is 0.789. The third-order valence-electron chi connectivity index (χ3n) is 4.30. The average molecular weight is 326 g/mol. The van der Waals surface area contributed by atoms with Crippen LogP contribution < -0.4 is 5.32 Å². The molecular formula is C18H18N2O2S. The Morgan fingerprint density at radius 2 is 1.61 bits per heavy atom. The van der Waals surface area contributed by atoms with Gasteiger partial charge in [0.1, 0.15) is 6.10 Å². The van der Waals surface area contributed by atoms with Crippen molar-refractivity contribution in [3.63, 3.8) is 0 Å². The Bertz CT molecular complexity index is 775. The highest BCUT2D eigenvalue weighted by Crippen LogP contribution is 2.40. The van der Waals surface area contributed by atoms with Gasteiger partial charge in [0, 0.05) is 25.2 Å². The lowest BCUT2D eigenvalue weighted by Gasteiger charge is -2.33. The zero-order chi connectivity index (χ0) is 16.6. The summed E-state index contributed by atoms with van der Waals surface area (Å²) in [6.07, 6.45) is -0.852. The van der Waals surface area contributed by atoms with E-state index in [-0.39, 0.29) is 5.78 Å². The van der Waals surface area contributed by atoms with Crippen LogP contribution in [-0.2, 0) is 0 Å². The lowest BCUT2D eigenvalue weighted by molar-refractivity contribution is 0.0936. The van der Waals surface area contributed by atoms with E-state index in [4.69, 9.17) is 12.2 Å². The van der Waals surface area contributed by atoms with Crippen molar-refractivity contribution in [3.05, 3.63) is 70.8 Å². The molecule has 0 spiro atoms. The number of aliphatic hydroxyl groups is 1. The van der Waals surface area contributed by atoms with E-state index >= 15 is 0 Å². The molecular weight excluding hydrogens is 308 g/mol. The van der Waals surface area contributed by atoms with E-state index in [0.717, 1.165) is 5.56 Å². The summed E-state index contributed by atoms with van der Waals surface area (Å²) in [4.78, 5) is 14.7. The topological polar surface area (TPSA) is 52.6 Å². The van der Waals surface area contributed by atoms with E-state index in [1.165, 1.54) is 0 Å². The number of nitrogens with zero attached hydrogens (tertiary/aromatic N) is 1. The molecule has 0 saturated heterocycles. The molecule has 2 atom stereocenters. The van der Waals surface area contributed by atoms with E-state index in [0.29, 0.717) is 21.8 Å². The minimum Gasteiger partial charge on any atom is -0.386 e. The molecule has 118 valence electrons. The second-order valence-electron chi connectivity index (χ2n) is 5.56. The number of hydrogen-bond acceptors (Lipinski definition) is 3. The van der Waals surface area contributed by atoms with Gasteiger partial charge in [0.05, 0.1) is 6.04 Å². The third kappa shape index (κ3) is 2.52. The number of fused-ring (bicyclic) bond motifs is 2. The second kappa shape index (κ2) is 6.10. The van der Waals surface area contributed by atoms with Crippen LogP contribution in [0.2, 0.25) is 0 Å². The molecule has 0 bridgehead atoms. The van der Waals surface area contributed by atoms with E-state index in [1.807, 2.05) is 37.4 Å². The first-order valence-corrected chi connectivity index (χ1v) is 7.82. The lowest BCUT2D eigenvalue weighted by Crippen LogP contribution is -2.40. The van der Waals surface area contributed by atoms with Crippen molar-refractivity contribution in [2.75, 3.05) is 14.1 Å². The van der Waals surface area contributed by atoms with Crippen LogP contribution in [-0.4, -0.2) is 35.0 Å². The lowest BCUT2D eigenvalue weighted by atomic mass is 9.95. The van der Waals surface area contributed by atoms with Crippen molar-refractivity contribution in [2.24, 2.45) is 0 Å². The molecule has 1 aliphatic rings. The number of likely N-dealkylation sites (N-methyl/N-ethyl adjacent to an activating group) is 1. The molecule has 0 aromatic heterocycles. The van der Waals surface area contributed by atoms with Crippen molar-refractivity contribution >= 4 is 23.1 Å². The number of ketones is 1. The summed E-state index contributed by atoms with van der Waals surface area (Å²) in [7, 11) is 3.56. The van der Waals surface area contributed by atoms with Gasteiger partial charge in [-0.15, -0.1) is 0 Å². The maximum absolute atomic E-state index is 12.9. The first kappa shape index (κ1) is 15.6. The van der Waals surface area contributed by atoms with Gasteiger partial charge in [0.15, 0.2) is 10.9 Å². The number of carbonyl (C=O) groups excluding carboxylic acids is 1. The molecule has 0 aliphatic heterocycles. The molecule has 3 rings (SSSR count). The maximum atomic E-state index is 12.9. The highest BCUT2D eigenvalue weighted by atomic mass is 32.1. The van der Waals surface area contributed by atoms with Crippen LogP contribution in [0, 0.1) is 0 Å². The normalized spacial score (nSPS) is 19.3. The van der Waals surface area contributed by atoms with Gasteiger partial charge in [0.25, 0.3) is 0 Å². The maximum Gasteiger partial charge on any atom is 0.193 e. The van der Waals surface area contributed by atoms with Gasteiger partial charge in [-0.25, -0.2) is 0 Å². The van der Waals surface area contributed by atoms with Gasteiger partial charge in [-0.2, -0.15) is 0 Å². The summed E-state index contributed by atoms with van der Waals surface area (Å²) >= 11 is 5.33. The Kier molecular flexibility index (Phi) is 4.15. The molecule has 2 aromatic rings. The van der Waals surface area contributed by atoms with Crippen molar-refractivity contribution < 1.29 is 9.90 Å². The Labute approximate surface area is 140 Å². The van der Waals surface area contributed by atoms with Crippen molar-refractivity contribution in [1.82, 2.24) is 10.2 Å². The Morgan fingerprint density at radius 1 is 1.09 bits per heavy atom. The van der Waals surface area contributed by atoms with Crippen molar-refractivity contribution in [3.8, 4) is 0 Å². The van der Waals surface area contributed by atoms with Crippen LogP contribution in [0.1, 0.15) is 39.2 Å². The van der Waals surface area contributed by atoms with E-state index in [1.54, 1.807) is 30.1 Å². The standard InChI is InChI=1S/C18H18N2O2S/c1-19-18(23)20(2)15-11-7-3-4-8-12(11)16(21)13-9-5-6-10-14(13)17(15)22/h3-10,15,17,22H,1-2H3,(H,19,23)/t15-,17-/m1/s1. The van der Waals surface area contributed by atoms with Gasteiger partial charge < -0.3 is 15.3 Å². The van der Waals surface area contributed by atoms with E-state index in [9.17, 15) is 9.90 Å². The molecule has 0 heterocycles.